The first-order chi connectivity index (χ1) is 12.6. The smallest absolute Gasteiger partial charge is 0.310 e. The number of rotatable bonds is 3. The van der Waals surface area contributed by atoms with Crippen molar-refractivity contribution >= 4 is 16.9 Å². The summed E-state index contributed by atoms with van der Waals surface area (Å²) in [7, 11) is 0. The Balaban J connectivity index is 2.36. The van der Waals surface area contributed by atoms with Crippen molar-refractivity contribution < 1.29 is 39.9 Å². The molecule has 9 heteroatoms. The highest BCUT2D eigenvalue weighted by molar-refractivity contribution is 5.92. The molecule has 0 radical (unpaired) electrons. The molecule has 1 heterocycles. The number of aliphatic carboxylic acids is 1. The fraction of sp³-hybridized carbons (Fsp3) is 0.111. The second-order valence-corrected chi connectivity index (χ2v) is 5.90. The van der Waals surface area contributed by atoms with Crippen LogP contribution in [-0.4, -0.2) is 36.6 Å². The molecule has 0 saturated heterocycles. The average molecular weight is 374 g/mol. The van der Waals surface area contributed by atoms with Crippen molar-refractivity contribution in [2.24, 2.45) is 0 Å². The monoisotopic (exact) mass is 374 g/mol. The number of hydrogen-bond donors (Lipinski definition) is 6. The van der Waals surface area contributed by atoms with Crippen molar-refractivity contribution in [1.29, 1.82) is 0 Å². The molecule has 0 spiro atoms. The van der Waals surface area contributed by atoms with Crippen molar-refractivity contribution in [3.63, 3.8) is 0 Å². The normalized spacial score (nSPS) is 12.2. The van der Waals surface area contributed by atoms with Gasteiger partial charge in [-0.2, -0.15) is 0 Å². The Labute approximate surface area is 150 Å². The third-order valence-corrected chi connectivity index (χ3v) is 4.19. The predicted molar refractivity (Wildman–Crippen MR) is 92.3 cm³/mol. The lowest BCUT2D eigenvalue weighted by Crippen LogP contribution is -2.10. The first-order valence-electron chi connectivity index (χ1n) is 7.63. The molecule has 0 saturated carbocycles. The molecule has 3 aromatic rings. The highest BCUT2D eigenvalue weighted by atomic mass is 16.4. The van der Waals surface area contributed by atoms with Gasteiger partial charge < -0.3 is 35.1 Å². The lowest BCUT2D eigenvalue weighted by molar-refractivity contribution is -0.138. The number of carboxylic acids is 1. The van der Waals surface area contributed by atoms with Crippen molar-refractivity contribution in [2.45, 2.75) is 12.8 Å². The lowest BCUT2D eigenvalue weighted by Gasteiger charge is -2.14. The topological polar surface area (TPSA) is 169 Å². The van der Waals surface area contributed by atoms with Crippen LogP contribution in [0.25, 0.3) is 22.3 Å². The Bertz CT molecular complexity index is 1140. The van der Waals surface area contributed by atoms with E-state index in [1.54, 1.807) is 0 Å². The van der Waals surface area contributed by atoms with Crippen LogP contribution in [0.4, 0.5) is 0 Å². The highest BCUT2D eigenvalue weighted by Gasteiger charge is 2.27. The fourth-order valence-corrected chi connectivity index (χ4v) is 2.74. The summed E-state index contributed by atoms with van der Waals surface area (Å²) in [4.78, 5) is 23.7. The molecule has 1 aromatic heterocycles. The Morgan fingerprint density at radius 2 is 1.63 bits per heavy atom. The Kier molecular flexibility index (Phi) is 4.07. The maximum absolute atomic E-state index is 12.5. The number of benzene rings is 2. The van der Waals surface area contributed by atoms with Crippen LogP contribution in [0.1, 0.15) is 18.4 Å². The minimum Gasteiger partial charge on any atom is -0.507 e. The molecule has 0 fully saturated rings. The van der Waals surface area contributed by atoms with Crippen molar-refractivity contribution in [1.82, 2.24) is 0 Å². The maximum atomic E-state index is 12.5. The second kappa shape index (κ2) is 6.13. The van der Waals surface area contributed by atoms with Crippen LogP contribution < -0.4 is 5.43 Å². The van der Waals surface area contributed by atoms with Crippen LogP contribution in [0.3, 0.4) is 0 Å². The van der Waals surface area contributed by atoms with Gasteiger partial charge in [-0.25, -0.2) is 0 Å². The van der Waals surface area contributed by atoms with Crippen LogP contribution in [-0.2, 0) is 4.79 Å². The number of phenolic OH excluding ortho intramolecular Hbond substituents is 4. The van der Waals surface area contributed by atoms with E-state index >= 15 is 0 Å². The molecule has 0 aliphatic rings. The summed E-state index contributed by atoms with van der Waals surface area (Å²) in [5.74, 6) is -6.32. The molecule has 1 atom stereocenters. The van der Waals surface area contributed by atoms with Gasteiger partial charge in [0.2, 0.25) is 11.2 Å². The first kappa shape index (κ1) is 17.9. The zero-order chi connectivity index (χ0) is 20.0. The summed E-state index contributed by atoms with van der Waals surface area (Å²) >= 11 is 0. The zero-order valence-corrected chi connectivity index (χ0v) is 13.8. The summed E-state index contributed by atoms with van der Waals surface area (Å²) in [6.45, 7) is 1.21. The third-order valence-electron chi connectivity index (χ3n) is 4.19. The quantitative estimate of drug-likeness (QED) is 0.376. The highest BCUT2D eigenvalue weighted by Crippen LogP contribution is 2.42. The van der Waals surface area contributed by atoms with E-state index in [1.165, 1.54) is 13.0 Å². The lowest BCUT2D eigenvalue weighted by atomic mass is 9.96. The fourth-order valence-electron chi connectivity index (χ4n) is 2.74. The van der Waals surface area contributed by atoms with Crippen LogP contribution in [0, 0.1) is 0 Å². The Morgan fingerprint density at radius 1 is 0.963 bits per heavy atom. The van der Waals surface area contributed by atoms with E-state index in [-0.39, 0.29) is 16.9 Å². The number of fused-ring (bicyclic) bond motifs is 1. The van der Waals surface area contributed by atoms with Crippen molar-refractivity contribution in [3.8, 4) is 40.1 Å². The third kappa shape index (κ3) is 2.74. The maximum Gasteiger partial charge on any atom is 0.310 e. The van der Waals surface area contributed by atoms with E-state index in [9.17, 15) is 35.1 Å². The van der Waals surface area contributed by atoms with Crippen molar-refractivity contribution in [3.05, 3.63) is 40.1 Å². The molecule has 6 N–H and O–H groups in total. The second-order valence-electron chi connectivity index (χ2n) is 5.90. The van der Waals surface area contributed by atoms with Gasteiger partial charge in [-0.05, 0) is 25.1 Å². The van der Waals surface area contributed by atoms with Gasteiger partial charge in [-0.3, -0.25) is 9.59 Å². The molecule has 9 nitrogen and oxygen atoms in total. The molecule has 0 aliphatic heterocycles. The van der Waals surface area contributed by atoms with Gasteiger partial charge in [0.05, 0.1) is 11.5 Å². The molecule has 0 bridgehead atoms. The van der Waals surface area contributed by atoms with Gasteiger partial charge in [0.15, 0.2) is 17.3 Å². The van der Waals surface area contributed by atoms with E-state index in [1.807, 2.05) is 0 Å². The van der Waals surface area contributed by atoms with Gasteiger partial charge in [0.25, 0.3) is 0 Å². The standard InChI is InChI=1S/C18H14O9/c1-6(18(25)26)12-10(21)5-11-13(14(12)22)15(23)16(24)17(27-11)7-2-3-8(19)9(20)4-7/h2-6,19-22,24H,1H3,(H,25,26). The van der Waals surface area contributed by atoms with Gasteiger partial charge in [0, 0.05) is 11.6 Å². The average Bonchev–Trinajstić information content (AvgIpc) is 2.60. The Hall–Kier alpha value is -3.88. The molecule has 1 unspecified atom stereocenters. The van der Waals surface area contributed by atoms with Crippen LogP contribution in [0.15, 0.2) is 33.5 Å². The summed E-state index contributed by atoms with van der Waals surface area (Å²) in [5, 5.41) is 58.2. The molecule has 140 valence electrons. The molecule has 0 amide bonds. The molecular formula is C18H14O9. The molecule has 3 rings (SSSR count). The summed E-state index contributed by atoms with van der Waals surface area (Å²) in [6, 6.07) is 4.37. The molecular weight excluding hydrogens is 360 g/mol. The summed E-state index contributed by atoms with van der Waals surface area (Å²) < 4.78 is 5.40. The molecule has 2 aromatic carbocycles. The van der Waals surface area contributed by atoms with Gasteiger partial charge in [-0.1, -0.05) is 0 Å². The molecule has 0 aliphatic carbocycles. The SMILES string of the molecule is CC(C(=O)O)c1c(O)cc2oc(-c3ccc(O)c(O)c3)c(O)c(=O)c2c1O. The number of aromatic hydroxyl groups is 5. The van der Waals surface area contributed by atoms with Gasteiger partial charge >= 0.3 is 5.97 Å². The Morgan fingerprint density at radius 3 is 2.22 bits per heavy atom. The molecule has 27 heavy (non-hydrogen) atoms. The van der Waals surface area contributed by atoms with Gasteiger partial charge in [0.1, 0.15) is 22.5 Å². The largest absolute Gasteiger partial charge is 0.507 e. The zero-order valence-electron chi connectivity index (χ0n) is 13.8. The van der Waals surface area contributed by atoms with Crippen molar-refractivity contribution in [2.75, 3.05) is 0 Å². The number of phenols is 4. The van der Waals surface area contributed by atoms with Crippen LogP contribution in [0.2, 0.25) is 0 Å². The number of hydrogen-bond acceptors (Lipinski definition) is 8. The van der Waals surface area contributed by atoms with Gasteiger partial charge in [-0.15, -0.1) is 0 Å². The van der Waals surface area contributed by atoms with E-state index in [4.69, 9.17) is 9.52 Å². The number of carboxylic acid groups (broad SMARTS) is 1. The minimum absolute atomic E-state index is 0.0451. The van der Waals surface area contributed by atoms with Crippen LogP contribution in [0.5, 0.6) is 28.7 Å². The van der Waals surface area contributed by atoms with Crippen LogP contribution >= 0.6 is 0 Å². The van der Waals surface area contributed by atoms with E-state index in [2.05, 4.69) is 0 Å². The predicted octanol–water partition coefficient (Wildman–Crippen LogP) is 2.18. The summed E-state index contributed by atoms with van der Waals surface area (Å²) in [6.07, 6.45) is 0. The summed E-state index contributed by atoms with van der Waals surface area (Å²) in [5.41, 5.74) is -1.72. The number of carbonyl (C=O) groups is 1. The first-order valence-corrected chi connectivity index (χ1v) is 7.63. The van der Waals surface area contributed by atoms with E-state index in [0.29, 0.717) is 0 Å². The van der Waals surface area contributed by atoms with E-state index < -0.39 is 57.0 Å². The minimum atomic E-state index is -1.34. The van der Waals surface area contributed by atoms with E-state index in [0.717, 1.165) is 18.2 Å².